The number of aromatic hydroxyl groups is 1. The van der Waals surface area contributed by atoms with Crippen LogP contribution in [0.4, 0.5) is 0 Å². The lowest BCUT2D eigenvalue weighted by molar-refractivity contribution is -0.109. The number of hydrogen-bond donors (Lipinski definition) is 2. The third kappa shape index (κ3) is 4.03. The fourth-order valence-corrected chi connectivity index (χ4v) is 1.36. The maximum absolute atomic E-state index is 10.8. The summed E-state index contributed by atoms with van der Waals surface area (Å²) in [7, 11) is 0. The van der Waals surface area contributed by atoms with Crippen LogP contribution >= 0.6 is 11.8 Å². The van der Waals surface area contributed by atoms with Gasteiger partial charge in [0.2, 0.25) is 0 Å². The molecular weight excluding hydrogens is 214 g/mol. The number of H-pyrrole nitrogens is 1. The van der Waals surface area contributed by atoms with Gasteiger partial charge in [-0.25, -0.2) is 0 Å². The third-order valence-electron chi connectivity index (χ3n) is 1.60. The first-order chi connectivity index (χ1) is 7.09. The molecule has 0 aromatic carbocycles. The van der Waals surface area contributed by atoms with Crippen molar-refractivity contribution < 1.29 is 9.90 Å². The number of nitrogens with one attached hydrogen (secondary N) is 1. The van der Waals surface area contributed by atoms with E-state index in [0.717, 1.165) is 0 Å². The van der Waals surface area contributed by atoms with Gasteiger partial charge in [0.05, 0.1) is 0 Å². The molecule has 1 aromatic heterocycles. The molecule has 5 heteroatoms. The molecule has 0 atom stereocenters. The SMILES string of the molecule is CC(=O)SCC=Cc1c[nH]c(=O)c(O)c1. The molecule has 1 rings (SSSR count). The lowest BCUT2D eigenvalue weighted by Crippen LogP contribution is -2.03. The number of carbonyl (C=O) groups excluding carboxylic acids is 1. The van der Waals surface area contributed by atoms with Gasteiger partial charge in [0.1, 0.15) is 0 Å². The molecule has 1 heterocycles. The molecule has 0 unspecified atom stereocenters. The summed E-state index contributed by atoms with van der Waals surface area (Å²) >= 11 is 1.20. The standard InChI is InChI=1S/C10H11NO3S/c1-7(12)15-4-2-3-8-5-9(13)10(14)11-6-8/h2-3,5-6,13H,4H2,1H3,(H,11,14). The number of hydrogen-bond acceptors (Lipinski definition) is 4. The van der Waals surface area contributed by atoms with Gasteiger partial charge in [0.25, 0.3) is 5.56 Å². The zero-order chi connectivity index (χ0) is 11.3. The van der Waals surface area contributed by atoms with Gasteiger partial charge >= 0.3 is 0 Å². The molecule has 0 aliphatic heterocycles. The number of carbonyl (C=O) groups is 1. The summed E-state index contributed by atoms with van der Waals surface area (Å²) in [5.74, 6) is 0.270. The smallest absolute Gasteiger partial charge is 0.290 e. The second-order valence-electron chi connectivity index (χ2n) is 2.85. The summed E-state index contributed by atoms with van der Waals surface area (Å²) in [6.45, 7) is 1.50. The molecule has 0 aliphatic rings. The molecule has 0 bridgehead atoms. The second-order valence-corrected chi connectivity index (χ2v) is 4.05. The Bertz CT molecular complexity index is 437. The summed E-state index contributed by atoms with van der Waals surface area (Å²) in [6.07, 6.45) is 5.02. The molecule has 1 aromatic rings. The second kappa shape index (κ2) is 5.41. The van der Waals surface area contributed by atoms with Gasteiger partial charge in [0.15, 0.2) is 10.9 Å². The van der Waals surface area contributed by atoms with Crippen molar-refractivity contribution in [2.75, 3.05) is 5.75 Å². The predicted octanol–water partition coefficient (Wildman–Crippen LogP) is 1.37. The molecule has 0 spiro atoms. The van der Waals surface area contributed by atoms with Gasteiger partial charge in [-0.2, -0.15) is 0 Å². The minimum Gasteiger partial charge on any atom is -0.503 e. The van der Waals surface area contributed by atoms with Crippen LogP contribution in [0, 0.1) is 0 Å². The Morgan fingerprint density at radius 2 is 2.40 bits per heavy atom. The van der Waals surface area contributed by atoms with Crippen LogP contribution in [0.2, 0.25) is 0 Å². The Morgan fingerprint density at radius 1 is 1.67 bits per heavy atom. The average Bonchev–Trinajstić information content (AvgIpc) is 2.18. The third-order valence-corrected chi connectivity index (χ3v) is 2.36. The summed E-state index contributed by atoms with van der Waals surface area (Å²) in [5, 5.41) is 9.17. The van der Waals surface area contributed by atoms with Gasteiger partial charge in [0, 0.05) is 18.9 Å². The zero-order valence-corrected chi connectivity index (χ0v) is 9.00. The molecule has 0 amide bonds. The van der Waals surface area contributed by atoms with Crippen molar-refractivity contribution in [2.24, 2.45) is 0 Å². The van der Waals surface area contributed by atoms with Crippen molar-refractivity contribution in [2.45, 2.75) is 6.92 Å². The van der Waals surface area contributed by atoms with Crippen LogP contribution in [0.1, 0.15) is 12.5 Å². The van der Waals surface area contributed by atoms with E-state index in [-0.39, 0.29) is 10.9 Å². The first-order valence-electron chi connectivity index (χ1n) is 4.31. The van der Waals surface area contributed by atoms with E-state index in [1.54, 1.807) is 12.2 Å². The van der Waals surface area contributed by atoms with Crippen LogP contribution in [-0.4, -0.2) is 21.0 Å². The van der Waals surface area contributed by atoms with Crippen molar-refractivity contribution in [3.05, 3.63) is 34.3 Å². The molecular formula is C10H11NO3S. The topological polar surface area (TPSA) is 70.2 Å². The van der Waals surface area contributed by atoms with Crippen molar-refractivity contribution in [3.8, 4) is 5.75 Å². The van der Waals surface area contributed by atoms with Crippen LogP contribution in [0.5, 0.6) is 5.75 Å². The predicted molar refractivity (Wildman–Crippen MR) is 60.9 cm³/mol. The van der Waals surface area contributed by atoms with E-state index in [1.807, 2.05) is 0 Å². The molecule has 0 saturated heterocycles. The zero-order valence-electron chi connectivity index (χ0n) is 8.19. The van der Waals surface area contributed by atoms with E-state index in [1.165, 1.54) is 30.9 Å². The quantitative estimate of drug-likeness (QED) is 0.815. The Balaban J connectivity index is 2.61. The van der Waals surface area contributed by atoms with Gasteiger partial charge in [-0.1, -0.05) is 23.9 Å². The highest BCUT2D eigenvalue weighted by Crippen LogP contribution is 2.07. The van der Waals surface area contributed by atoms with Crippen molar-refractivity contribution in [1.29, 1.82) is 0 Å². The van der Waals surface area contributed by atoms with Gasteiger partial charge in [-0.3, -0.25) is 9.59 Å². The molecule has 80 valence electrons. The highest BCUT2D eigenvalue weighted by molar-refractivity contribution is 8.13. The molecule has 0 radical (unpaired) electrons. The Kier molecular flexibility index (Phi) is 4.17. The number of rotatable bonds is 3. The normalized spacial score (nSPS) is 10.7. The molecule has 0 aliphatic carbocycles. The summed E-state index contributed by atoms with van der Waals surface area (Å²) in [6, 6.07) is 1.37. The van der Waals surface area contributed by atoms with Gasteiger partial charge in [-0.05, 0) is 11.6 Å². The minimum absolute atomic E-state index is 0.0592. The molecule has 0 fully saturated rings. The fourth-order valence-electron chi connectivity index (χ4n) is 0.934. The summed E-state index contributed by atoms with van der Waals surface area (Å²) in [5.41, 5.74) is 0.182. The first-order valence-corrected chi connectivity index (χ1v) is 5.30. The number of aromatic amines is 1. The van der Waals surface area contributed by atoms with E-state index in [0.29, 0.717) is 11.3 Å². The first kappa shape index (κ1) is 11.6. The molecule has 15 heavy (non-hydrogen) atoms. The lowest BCUT2D eigenvalue weighted by Gasteiger charge is -1.94. The van der Waals surface area contributed by atoms with Crippen molar-refractivity contribution >= 4 is 23.0 Å². The number of pyridine rings is 1. The Morgan fingerprint density at radius 3 is 3.00 bits per heavy atom. The van der Waals surface area contributed by atoms with Crippen LogP contribution < -0.4 is 5.56 Å². The summed E-state index contributed by atoms with van der Waals surface area (Å²) in [4.78, 5) is 23.8. The lowest BCUT2D eigenvalue weighted by atomic mass is 10.2. The van der Waals surface area contributed by atoms with E-state index < -0.39 is 5.56 Å². The Labute approximate surface area is 91.0 Å². The maximum Gasteiger partial charge on any atom is 0.290 e. The van der Waals surface area contributed by atoms with Crippen LogP contribution in [0.3, 0.4) is 0 Å². The average molecular weight is 225 g/mol. The summed E-state index contributed by atoms with van der Waals surface area (Å²) < 4.78 is 0. The van der Waals surface area contributed by atoms with Crippen molar-refractivity contribution in [1.82, 2.24) is 4.98 Å². The monoisotopic (exact) mass is 225 g/mol. The van der Waals surface area contributed by atoms with Gasteiger partial charge < -0.3 is 10.1 Å². The fraction of sp³-hybridized carbons (Fsp3) is 0.200. The van der Waals surface area contributed by atoms with Gasteiger partial charge in [-0.15, -0.1) is 0 Å². The van der Waals surface area contributed by atoms with E-state index >= 15 is 0 Å². The maximum atomic E-state index is 10.8. The van der Waals surface area contributed by atoms with Crippen LogP contribution in [0.25, 0.3) is 6.08 Å². The highest BCUT2D eigenvalue weighted by atomic mass is 32.2. The Hall–Kier alpha value is -1.49. The molecule has 2 N–H and O–H groups in total. The number of thioether (sulfide) groups is 1. The number of aromatic nitrogens is 1. The van der Waals surface area contributed by atoms with Crippen LogP contribution in [0.15, 0.2) is 23.1 Å². The molecule has 0 saturated carbocycles. The van der Waals surface area contributed by atoms with E-state index in [9.17, 15) is 9.59 Å². The molecule has 4 nitrogen and oxygen atoms in total. The van der Waals surface area contributed by atoms with Crippen LogP contribution in [-0.2, 0) is 4.79 Å². The van der Waals surface area contributed by atoms with Crippen molar-refractivity contribution in [3.63, 3.8) is 0 Å². The highest BCUT2D eigenvalue weighted by Gasteiger charge is 1.95. The minimum atomic E-state index is -0.509. The van der Waals surface area contributed by atoms with E-state index in [4.69, 9.17) is 5.11 Å². The van der Waals surface area contributed by atoms with E-state index in [2.05, 4.69) is 4.98 Å². The largest absolute Gasteiger partial charge is 0.503 e.